The van der Waals surface area contributed by atoms with Gasteiger partial charge in [0, 0.05) is 17.0 Å². The van der Waals surface area contributed by atoms with Crippen LogP contribution in [0.15, 0.2) is 23.3 Å². The van der Waals surface area contributed by atoms with Gasteiger partial charge < -0.3 is 20.1 Å². The third-order valence-corrected chi connectivity index (χ3v) is 2.95. The summed E-state index contributed by atoms with van der Waals surface area (Å²) >= 11 is 0. The third-order valence-electron chi connectivity index (χ3n) is 2.95. The SMILES string of the molecule is COc1cc(C(O)C(O)CCN=[N+]=[N-])ccc1CC(=O)O. The number of benzene rings is 1. The van der Waals surface area contributed by atoms with Crippen LogP contribution in [0.3, 0.4) is 0 Å². The molecule has 1 rings (SSSR count). The molecule has 8 nitrogen and oxygen atoms in total. The van der Waals surface area contributed by atoms with Crippen LogP contribution in [0.25, 0.3) is 10.4 Å². The van der Waals surface area contributed by atoms with Gasteiger partial charge in [0.1, 0.15) is 11.9 Å². The van der Waals surface area contributed by atoms with Gasteiger partial charge in [-0.3, -0.25) is 4.79 Å². The first-order valence-corrected chi connectivity index (χ1v) is 6.25. The van der Waals surface area contributed by atoms with Gasteiger partial charge >= 0.3 is 5.97 Å². The maximum absolute atomic E-state index is 10.7. The normalized spacial score (nSPS) is 13.1. The number of rotatable bonds is 8. The van der Waals surface area contributed by atoms with Gasteiger partial charge in [-0.05, 0) is 23.6 Å². The van der Waals surface area contributed by atoms with Crippen molar-refractivity contribution in [3.05, 3.63) is 39.8 Å². The lowest BCUT2D eigenvalue weighted by Crippen LogP contribution is -2.19. The molecule has 1 aromatic carbocycles. The largest absolute Gasteiger partial charge is 0.496 e. The van der Waals surface area contributed by atoms with Crippen LogP contribution in [0.5, 0.6) is 5.75 Å². The van der Waals surface area contributed by atoms with Crippen molar-refractivity contribution < 1.29 is 24.9 Å². The lowest BCUT2D eigenvalue weighted by atomic mass is 9.99. The van der Waals surface area contributed by atoms with E-state index in [4.69, 9.17) is 15.4 Å². The van der Waals surface area contributed by atoms with Crippen LogP contribution in [-0.2, 0) is 11.2 Å². The summed E-state index contributed by atoms with van der Waals surface area (Å²) in [6.45, 7) is 0.0724. The fraction of sp³-hybridized carbons (Fsp3) is 0.462. The Morgan fingerprint density at radius 3 is 2.76 bits per heavy atom. The standard InChI is InChI=1S/C13H17N3O5/c1-21-11-6-9(3-2-8(11)7-12(18)19)13(20)10(17)4-5-15-16-14/h2-3,6,10,13,17,20H,4-5,7H2,1H3,(H,18,19). The van der Waals surface area contributed by atoms with E-state index in [-0.39, 0.29) is 19.4 Å². The third kappa shape index (κ3) is 4.96. The van der Waals surface area contributed by atoms with Gasteiger partial charge in [-0.15, -0.1) is 0 Å². The minimum absolute atomic E-state index is 0.0724. The highest BCUT2D eigenvalue weighted by molar-refractivity contribution is 5.71. The number of aliphatic hydroxyl groups excluding tert-OH is 2. The fourth-order valence-electron chi connectivity index (χ4n) is 1.87. The van der Waals surface area contributed by atoms with Gasteiger partial charge in [0.2, 0.25) is 0 Å². The molecule has 2 unspecified atom stereocenters. The Labute approximate surface area is 121 Å². The summed E-state index contributed by atoms with van der Waals surface area (Å²) in [5, 5.41) is 31.9. The Balaban J connectivity index is 2.87. The number of hydrogen-bond donors (Lipinski definition) is 3. The van der Waals surface area contributed by atoms with E-state index < -0.39 is 18.2 Å². The number of aliphatic carboxylic acids is 1. The molecule has 0 saturated heterocycles. The van der Waals surface area contributed by atoms with Crippen molar-refractivity contribution in [2.45, 2.75) is 25.0 Å². The van der Waals surface area contributed by atoms with Crippen molar-refractivity contribution >= 4 is 5.97 Å². The van der Waals surface area contributed by atoms with Crippen LogP contribution in [-0.4, -0.2) is 41.0 Å². The average molecular weight is 295 g/mol. The fourth-order valence-corrected chi connectivity index (χ4v) is 1.87. The lowest BCUT2D eigenvalue weighted by molar-refractivity contribution is -0.136. The van der Waals surface area contributed by atoms with Gasteiger partial charge in [0.15, 0.2) is 0 Å². The maximum Gasteiger partial charge on any atom is 0.307 e. The summed E-state index contributed by atoms with van der Waals surface area (Å²) < 4.78 is 5.09. The van der Waals surface area contributed by atoms with E-state index in [1.807, 2.05) is 0 Å². The van der Waals surface area contributed by atoms with Gasteiger partial charge in [-0.2, -0.15) is 0 Å². The summed E-state index contributed by atoms with van der Waals surface area (Å²) in [6, 6.07) is 4.55. The molecule has 0 aliphatic heterocycles. The topological polar surface area (TPSA) is 136 Å². The minimum Gasteiger partial charge on any atom is -0.496 e. The first-order valence-electron chi connectivity index (χ1n) is 6.25. The second-order valence-corrected chi connectivity index (χ2v) is 4.40. The molecule has 0 fully saturated rings. The smallest absolute Gasteiger partial charge is 0.307 e. The Hall–Kier alpha value is -2.28. The first kappa shape index (κ1) is 16.8. The minimum atomic E-state index is -1.17. The highest BCUT2D eigenvalue weighted by Crippen LogP contribution is 2.27. The molecular weight excluding hydrogens is 278 g/mol. The van der Waals surface area contributed by atoms with E-state index >= 15 is 0 Å². The Morgan fingerprint density at radius 2 is 2.19 bits per heavy atom. The van der Waals surface area contributed by atoms with Crippen LogP contribution in [0.1, 0.15) is 23.7 Å². The quantitative estimate of drug-likeness (QED) is 0.378. The molecule has 114 valence electrons. The van der Waals surface area contributed by atoms with E-state index in [9.17, 15) is 15.0 Å². The molecule has 21 heavy (non-hydrogen) atoms. The van der Waals surface area contributed by atoms with Crippen LogP contribution >= 0.6 is 0 Å². The maximum atomic E-state index is 10.7. The van der Waals surface area contributed by atoms with Crippen molar-refractivity contribution in [1.82, 2.24) is 0 Å². The molecule has 3 N–H and O–H groups in total. The molecule has 2 atom stereocenters. The Morgan fingerprint density at radius 1 is 1.48 bits per heavy atom. The Kier molecular flexibility index (Phi) is 6.48. The second kappa shape index (κ2) is 8.11. The zero-order valence-corrected chi connectivity index (χ0v) is 11.5. The Bertz CT molecular complexity index is 543. The molecule has 0 spiro atoms. The molecule has 0 amide bonds. The van der Waals surface area contributed by atoms with Crippen molar-refractivity contribution in [3.63, 3.8) is 0 Å². The summed E-state index contributed by atoms with van der Waals surface area (Å²) in [7, 11) is 1.40. The number of methoxy groups -OCH3 is 1. The van der Waals surface area contributed by atoms with Gasteiger partial charge in [0.05, 0.1) is 19.6 Å². The van der Waals surface area contributed by atoms with Crippen molar-refractivity contribution in [2.75, 3.05) is 13.7 Å². The summed E-state index contributed by atoms with van der Waals surface area (Å²) in [5.41, 5.74) is 9.03. The molecule has 8 heteroatoms. The van der Waals surface area contributed by atoms with E-state index in [0.717, 1.165) is 0 Å². The number of aliphatic hydroxyl groups is 2. The number of carboxylic acids is 1. The number of carboxylic acid groups (broad SMARTS) is 1. The van der Waals surface area contributed by atoms with Crippen LogP contribution in [0.4, 0.5) is 0 Å². The van der Waals surface area contributed by atoms with Crippen LogP contribution < -0.4 is 4.74 Å². The monoisotopic (exact) mass is 295 g/mol. The number of hydrogen-bond acceptors (Lipinski definition) is 5. The molecule has 0 aromatic heterocycles. The molecule has 0 saturated carbocycles. The number of ether oxygens (including phenoxy) is 1. The summed E-state index contributed by atoms with van der Waals surface area (Å²) in [4.78, 5) is 13.3. The molecule has 0 aliphatic rings. The van der Waals surface area contributed by atoms with E-state index in [1.165, 1.54) is 25.3 Å². The van der Waals surface area contributed by atoms with E-state index in [1.54, 1.807) is 0 Å². The van der Waals surface area contributed by atoms with Crippen molar-refractivity contribution in [1.29, 1.82) is 0 Å². The summed E-state index contributed by atoms with van der Waals surface area (Å²) in [5.74, 6) is -0.660. The van der Waals surface area contributed by atoms with Crippen LogP contribution in [0, 0.1) is 0 Å². The number of carbonyl (C=O) groups is 1. The highest BCUT2D eigenvalue weighted by Gasteiger charge is 2.19. The number of azide groups is 1. The van der Waals surface area contributed by atoms with Crippen molar-refractivity contribution in [2.24, 2.45) is 5.11 Å². The lowest BCUT2D eigenvalue weighted by Gasteiger charge is -2.19. The molecule has 0 heterocycles. The molecule has 0 radical (unpaired) electrons. The molecular formula is C13H17N3O5. The van der Waals surface area contributed by atoms with Crippen molar-refractivity contribution in [3.8, 4) is 5.75 Å². The van der Waals surface area contributed by atoms with Gasteiger partial charge in [0.25, 0.3) is 0 Å². The second-order valence-electron chi connectivity index (χ2n) is 4.40. The van der Waals surface area contributed by atoms with E-state index in [0.29, 0.717) is 16.9 Å². The molecule has 0 aliphatic carbocycles. The number of nitrogens with zero attached hydrogens (tertiary/aromatic N) is 3. The molecule has 1 aromatic rings. The van der Waals surface area contributed by atoms with Crippen LogP contribution in [0.2, 0.25) is 0 Å². The zero-order chi connectivity index (χ0) is 15.8. The average Bonchev–Trinajstić information content (AvgIpc) is 2.46. The summed E-state index contributed by atoms with van der Waals surface area (Å²) in [6.07, 6.45) is -2.35. The van der Waals surface area contributed by atoms with Gasteiger partial charge in [-0.1, -0.05) is 17.2 Å². The predicted octanol–water partition coefficient (Wildman–Crippen LogP) is 1.42. The first-order chi connectivity index (χ1) is 9.99. The van der Waals surface area contributed by atoms with Gasteiger partial charge in [-0.25, -0.2) is 0 Å². The highest BCUT2D eigenvalue weighted by atomic mass is 16.5. The van der Waals surface area contributed by atoms with E-state index in [2.05, 4.69) is 10.0 Å². The predicted molar refractivity (Wildman–Crippen MR) is 73.9 cm³/mol. The zero-order valence-electron chi connectivity index (χ0n) is 11.5. The molecule has 0 bridgehead atoms.